The van der Waals surface area contributed by atoms with Crippen LogP contribution in [0, 0.1) is 0 Å². The van der Waals surface area contributed by atoms with Gasteiger partial charge in [0, 0.05) is 11.8 Å². The molecule has 0 radical (unpaired) electrons. The number of hydrogen-bond donors (Lipinski definition) is 0. The molecule has 1 aromatic heterocycles. The molecule has 1 rings (SSSR count). The fourth-order valence-electron chi connectivity index (χ4n) is 1.38. The number of nitrogens with zero attached hydrogens (tertiary/aromatic N) is 2. The summed E-state index contributed by atoms with van der Waals surface area (Å²) in [4.78, 5) is 4.42. The number of hydrogen-bond acceptors (Lipinski definition) is 3. The van der Waals surface area contributed by atoms with Gasteiger partial charge in [-0.1, -0.05) is 39.3 Å². The van der Waals surface area contributed by atoms with Crippen LogP contribution >= 0.6 is 0 Å². The largest absolute Gasteiger partial charge is 0.339 e. The summed E-state index contributed by atoms with van der Waals surface area (Å²) in [6.07, 6.45) is 3.33. The van der Waals surface area contributed by atoms with E-state index in [4.69, 9.17) is 4.52 Å². The Bertz CT molecular complexity index is 270. The molecule has 0 aliphatic rings. The predicted molar refractivity (Wildman–Crippen MR) is 56.3 cm³/mol. The third kappa shape index (κ3) is 2.56. The summed E-state index contributed by atoms with van der Waals surface area (Å²) in [6.45, 7) is 8.56. The lowest BCUT2D eigenvalue weighted by molar-refractivity contribution is 0.350. The van der Waals surface area contributed by atoms with Crippen LogP contribution in [0.25, 0.3) is 0 Å². The van der Waals surface area contributed by atoms with Gasteiger partial charge in [-0.25, -0.2) is 0 Å². The molecule has 0 saturated heterocycles. The van der Waals surface area contributed by atoms with Crippen LogP contribution in [0.4, 0.5) is 0 Å². The van der Waals surface area contributed by atoms with Crippen molar-refractivity contribution in [2.45, 2.75) is 58.8 Å². The van der Waals surface area contributed by atoms with Gasteiger partial charge < -0.3 is 4.52 Å². The molecule has 2 atom stereocenters. The molecule has 0 aliphatic carbocycles. The van der Waals surface area contributed by atoms with Gasteiger partial charge in [0.2, 0.25) is 5.89 Å². The number of aromatic nitrogens is 2. The highest BCUT2D eigenvalue weighted by atomic mass is 16.5. The Hall–Kier alpha value is -0.860. The topological polar surface area (TPSA) is 38.9 Å². The van der Waals surface area contributed by atoms with Crippen LogP contribution in [0.1, 0.15) is 70.5 Å². The first-order valence-corrected chi connectivity index (χ1v) is 5.52. The van der Waals surface area contributed by atoms with E-state index in [0.29, 0.717) is 11.8 Å². The van der Waals surface area contributed by atoms with E-state index in [1.54, 1.807) is 0 Å². The van der Waals surface area contributed by atoms with Crippen molar-refractivity contribution >= 4 is 0 Å². The second-order valence-electron chi connectivity index (χ2n) is 3.99. The lowest BCUT2D eigenvalue weighted by atomic mass is 10.1. The maximum absolute atomic E-state index is 5.22. The summed E-state index contributed by atoms with van der Waals surface area (Å²) in [6, 6.07) is 0. The molecule has 0 aromatic carbocycles. The Labute approximate surface area is 85.9 Å². The zero-order valence-corrected chi connectivity index (χ0v) is 9.58. The van der Waals surface area contributed by atoms with E-state index < -0.39 is 0 Å². The first-order chi connectivity index (χ1) is 6.69. The molecule has 1 heterocycles. The monoisotopic (exact) mass is 196 g/mol. The van der Waals surface area contributed by atoms with Gasteiger partial charge in [0.05, 0.1) is 0 Å². The summed E-state index contributed by atoms with van der Waals surface area (Å²) in [5.74, 6) is 2.44. The summed E-state index contributed by atoms with van der Waals surface area (Å²) in [5.41, 5.74) is 0. The maximum atomic E-state index is 5.22. The van der Waals surface area contributed by atoms with Crippen LogP contribution in [-0.4, -0.2) is 10.1 Å². The van der Waals surface area contributed by atoms with E-state index in [2.05, 4.69) is 37.8 Å². The molecule has 0 fully saturated rings. The van der Waals surface area contributed by atoms with Crippen LogP contribution < -0.4 is 0 Å². The standard InChI is InChI=1S/C11H20N2O/c1-5-7-9(4)10-12-11(14-13-10)8(3)6-2/h8-9H,5-7H2,1-4H3. The lowest BCUT2D eigenvalue weighted by Crippen LogP contribution is -1.97. The van der Waals surface area contributed by atoms with Gasteiger partial charge in [-0.05, 0) is 12.8 Å². The van der Waals surface area contributed by atoms with Crippen molar-refractivity contribution in [1.29, 1.82) is 0 Å². The van der Waals surface area contributed by atoms with Gasteiger partial charge in [0.25, 0.3) is 0 Å². The third-order valence-electron chi connectivity index (χ3n) is 2.65. The zero-order chi connectivity index (χ0) is 10.6. The minimum absolute atomic E-state index is 0.380. The molecule has 0 bridgehead atoms. The van der Waals surface area contributed by atoms with Gasteiger partial charge in [0.1, 0.15) is 0 Å². The Morgan fingerprint density at radius 2 is 1.93 bits per heavy atom. The van der Waals surface area contributed by atoms with Crippen molar-refractivity contribution in [3.8, 4) is 0 Å². The molecule has 0 saturated carbocycles. The molecule has 0 spiro atoms. The van der Waals surface area contributed by atoms with E-state index in [-0.39, 0.29) is 0 Å². The maximum Gasteiger partial charge on any atom is 0.229 e. The zero-order valence-electron chi connectivity index (χ0n) is 9.58. The van der Waals surface area contributed by atoms with Gasteiger partial charge in [-0.15, -0.1) is 0 Å². The quantitative estimate of drug-likeness (QED) is 0.723. The molecule has 1 aromatic rings. The van der Waals surface area contributed by atoms with Gasteiger partial charge in [0.15, 0.2) is 5.82 Å². The second kappa shape index (κ2) is 5.13. The third-order valence-corrected chi connectivity index (χ3v) is 2.65. The first kappa shape index (κ1) is 11.2. The first-order valence-electron chi connectivity index (χ1n) is 5.52. The Morgan fingerprint density at radius 1 is 1.21 bits per heavy atom. The molecule has 3 nitrogen and oxygen atoms in total. The minimum atomic E-state index is 0.380. The van der Waals surface area contributed by atoms with Gasteiger partial charge >= 0.3 is 0 Å². The average Bonchev–Trinajstić information content (AvgIpc) is 2.66. The van der Waals surface area contributed by atoms with E-state index in [9.17, 15) is 0 Å². The van der Waals surface area contributed by atoms with E-state index in [0.717, 1.165) is 31.0 Å². The Kier molecular flexibility index (Phi) is 4.11. The van der Waals surface area contributed by atoms with Crippen molar-refractivity contribution in [3.63, 3.8) is 0 Å². The second-order valence-corrected chi connectivity index (χ2v) is 3.99. The lowest BCUT2D eigenvalue weighted by Gasteiger charge is -2.02. The molecular weight excluding hydrogens is 176 g/mol. The highest BCUT2D eigenvalue weighted by Crippen LogP contribution is 2.21. The fraction of sp³-hybridized carbons (Fsp3) is 0.818. The molecule has 80 valence electrons. The molecule has 14 heavy (non-hydrogen) atoms. The minimum Gasteiger partial charge on any atom is -0.339 e. The van der Waals surface area contributed by atoms with E-state index in [1.807, 2.05) is 0 Å². The normalized spacial score (nSPS) is 15.4. The average molecular weight is 196 g/mol. The van der Waals surface area contributed by atoms with Crippen LogP contribution in [0.3, 0.4) is 0 Å². The molecule has 0 amide bonds. The molecule has 3 heteroatoms. The van der Waals surface area contributed by atoms with Crippen molar-refractivity contribution < 1.29 is 4.52 Å². The van der Waals surface area contributed by atoms with Crippen molar-refractivity contribution in [2.24, 2.45) is 0 Å². The van der Waals surface area contributed by atoms with Crippen molar-refractivity contribution in [2.75, 3.05) is 0 Å². The van der Waals surface area contributed by atoms with Crippen molar-refractivity contribution in [3.05, 3.63) is 11.7 Å². The van der Waals surface area contributed by atoms with Gasteiger partial charge in [-0.3, -0.25) is 0 Å². The summed E-state index contributed by atoms with van der Waals surface area (Å²) in [5, 5.41) is 4.02. The highest BCUT2D eigenvalue weighted by molar-refractivity contribution is 4.96. The van der Waals surface area contributed by atoms with Crippen LogP contribution in [0.5, 0.6) is 0 Å². The number of rotatable bonds is 5. The molecule has 0 aliphatic heterocycles. The summed E-state index contributed by atoms with van der Waals surface area (Å²) < 4.78 is 5.22. The van der Waals surface area contributed by atoms with Crippen molar-refractivity contribution in [1.82, 2.24) is 10.1 Å². The van der Waals surface area contributed by atoms with E-state index >= 15 is 0 Å². The SMILES string of the molecule is CCCC(C)c1noc(C(C)CC)n1. The summed E-state index contributed by atoms with van der Waals surface area (Å²) >= 11 is 0. The van der Waals surface area contributed by atoms with Gasteiger partial charge in [-0.2, -0.15) is 4.98 Å². The molecular formula is C11H20N2O. The molecule has 2 unspecified atom stereocenters. The summed E-state index contributed by atoms with van der Waals surface area (Å²) in [7, 11) is 0. The fourth-order valence-corrected chi connectivity index (χ4v) is 1.38. The van der Waals surface area contributed by atoms with Crippen LogP contribution in [0.15, 0.2) is 4.52 Å². The molecule has 0 N–H and O–H groups in total. The highest BCUT2D eigenvalue weighted by Gasteiger charge is 2.15. The van der Waals surface area contributed by atoms with Crippen LogP contribution in [-0.2, 0) is 0 Å². The Balaban J connectivity index is 2.67. The van der Waals surface area contributed by atoms with E-state index in [1.165, 1.54) is 0 Å². The predicted octanol–water partition coefficient (Wildman–Crippen LogP) is 3.49. The smallest absolute Gasteiger partial charge is 0.229 e. The van der Waals surface area contributed by atoms with Crippen LogP contribution in [0.2, 0.25) is 0 Å². The Morgan fingerprint density at radius 3 is 2.50 bits per heavy atom.